The van der Waals surface area contributed by atoms with Crippen molar-refractivity contribution in [3.8, 4) is 0 Å². The summed E-state index contributed by atoms with van der Waals surface area (Å²) in [4.78, 5) is 16.0. The van der Waals surface area contributed by atoms with Gasteiger partial charge in [-0.25, -0.2) is 4.98 Å². The Morgan fingerprint density at radius 3 is 2.94 bits per heavy atom. The predicted molar refractivity (Wildman–Crippen MR) is 68.2 cm³/mol. The zero-order valence-electron chi connectivity index (χ0n) is 8.72. The van der Waals surface area contributed by atoms with E-state index >= 15 is 0 Å². The third kappa shape index (κ3) is 2.46. The zero-order chi connectivity index (χ0) is 11.5. The highest BCUT2D eigenvalue weighted by Gasteiger charge is 2.10. The summed E-state index contributed by atoms with van der Waals surface area (Å²) in [5.41, 5.74) is 0.718. The van der Waals surface area contributed by atoms with Crippen LogP contribution in [0.4, 0.5) is 0 Å². The van der Waals surface area contributed by atoms with Crippen LogP contribution in [-0.2, 0) is 13.5 Å². The average Bonchev–Trinajstić information content (AvgIpc) is 2.64. The van der Waals surface area contributed by atoms with Crippen molar-refractivity contribution in [1.82, 2.24) is 14.8 Å². The minimum absolute atomic E-state index is 0.0645. The summed E-state index contributed by atoms with van der Waals surface area (Å²) in [5, 5.41) is 3.93. The third-order valence-corrected chi connectivity index (χ3v) is 2.94. The lowest BCUT2D eigenvalue weighted by Gasteiger charge is -2.01. The second-order valence-electron chi connectivity index (χ2n) is 3.41. The van der Waals surface area contributed by atoms with Crippen LogP contribution in [0.2, 0.25) is 0 Å². The van der Waals surface area contributed by atoms with Gasteiger partial charge in [0.2, 0.25) is 0 Å². The summed E-state index contributed by atoms with van der Waals surface area (Å²) in [5.74, 6) is 0.749. The Hall–Kier alpha value is -1.24. The van der Waals surface area contributed by atoms with E-state index in [9.17, 15) is 4.79 Å². The molecule has 0 fully saturated rings. The molecule has 0 radical (unpaired) electrons. The van der Waals surface area contributed by atoms with E-state index < -0.39 is 0 Å². The van der Waals surface area contributed by atoms with Crippen LogP contribution in [-0.4, -0.2) is 20.5 Å². The smallest absolute Gasteiger partial charge is 0.170 e. The molecule has 1 aromatic heterocycles. The molecule has 16 heavy (non-hydrogen) atoms. The van der Waals surface area contributed by atoms with Gasteiger partial charge in [0.15, 0.2) is 5.78 Å². The van der Waals surface area contributed by atoms with Crippen molar-refractivity contribution >= 4 is 28.4 Å². The number of hydrogen-bond donors (Lipinski definition) is 0. The van der Waals surface area contributed by atoms with E-state index in [1.54, 1.807) is 11.7 Å². The summed E-state index contributed by atoms with van der Waals surface area (Å²) >= 11 is 2.19. The van der Waals surface area contributed by atoms with Gasteiger partial charge in [-0.3, -0.25) is 9.48 Å². The van der Waals surface area contributed by atoms with Crippen LogP contribution < -0.4 is 0 Å². The number of ketones is 1. The van der Waals surface area contributed by atoms with E-state index in [1.165, 1.54) is 6.33 Å². The molecule has 0 saturated carbocycles. The monoisotopic (exact) mass is 327 g/mol. The first-order valence-corrected chi connectivity index (χ1v) is 5.86. The number of benzene rings is 1. The lowest BCUT2D eigenvalue weighted by Crippen LogP contribution is -2.09. The molecule has 0 N–H and O–H groups in total. The van der Waals surface area contributed by atoms with Gasteiger partial charge in [-0.15, -0.1) is 0 Å². The van der Waals surface area contributed by atoms with Gasteiger partial charge in [0.05, 0.1) is 6.42 Å². The van der Waals surface area contributed by atoms with Crippen LogP contribution in [0.15, 0.2) is 30.6 Å². The summed E-state index contributed by atoms with van der Waals surface area (Å²) in [6, 6.07) is 7.53. The largest absolute Gasteiger partial charge is 0.294 e. The van der Waals surface area contributed by atoms with Gasteiger partial charge in [0, 0.05) is 16.2 Å². The second-order valence-corrected chi connectivity index (χ2v) is 4.66. The van der Waals surface area contributed by atoms with E-state index in [0.717, 1.165) is 9.13 Å². The molecular formula is C11H10IN3O. The maximum absolute atomic E-state index is 11.9. The van der Waals surface area contributed by atoms with Crippen LogP contribution in [0.1, 0.15) is 16.2 Å². The number of hydrogen-bond acceptors (Lipinski definition) is 3. The SMILES string of the molecule is Cn1ncnc1CC(=O)c1cccc(I)c1. The first-order chi connectivity index (χ1) is 7.66. The van der Waals surface area contributed by atoms with Gasteiger partial charge in [-0.2, -0.15) is 5.10 Å². The molecule has 1 aromatic carbocycles. The molecule has 82 valence electrons. The molecule has 2 aromatic rings. The molecule has 0 aliphatic heterocycles. The van der Waals surface area contributed by atoms with Crippen LogP contribution >= 0.6 is 22.6 Å². The fraction of sp³-hybridized carbons (Fsp3) is 0.182. The second kappa shape index (κ2) is 4.73. The van der Waals surface area contributed by atoms with Crippen molar-refractivity contribution in [2.45, 2.75) is 6.42 Å². The van der Waals surface area contributed by atoms with Crippen LogP contribution in [0.25, 0.3) is 0 Å². The molecule has 0 bridgehead atoms. The molecule has 2 rings (SSSR count). The molecule has 0 spiro atoms. The summed E-state index contributed by atoms with van der Waals surface area (Å²) in [6.07, 6.45) is 1.74. The van der Waals surface area contributed by atoms with Crippen LogP contribution in [0, 0.1) is 3.57 Å². The number of halogens is 1. The van der Waals surface area contributed by atoms with E-state index in [4.69, 9.17) is 0 Å². The highest BCUT2D eigenvalue weighted by molar-refractivity contribution is 14.1. The fourth-order valence-corrected chi connectivity index (χ4v) is 1.93. The van der Waals surface area contributed by atoms with Gasteiger partial charge >= 0.3 is 0 Å². The first kappa shape index (κ1) is 11.3. The molecule has 5 heteroatoms. The predicted octanol–water partition coefficient (Wildman–Crippen LogP) is 1.85. The highest BCUT2D eigenvalue weighted by Crippen LogP contribution is 2.10. The topological polar surface area (TPSA) is 47.8 Å². The van der Waals surface area contributed by atoms with Crippen molar-refractivity contribution in [1.29, 1.82) is 0 Å². The van der Waals surface area contributed by atoms with Gasteiger partial charge in [0.1, 0.15) is 12.2 Å². The molecule has 1 heterocycles. The van der Waals surface area contributed by atoms with E-state index in [-0.39, 0.29) is 12.2 Å². The Morgan fingerprint density at radius 1 is 1.50 bits per heavy atom. The number of carbonyl (C=O) groups is 1. The highest BCUT2D eigenvalue weighted by atomic mass is 127. The van der Waals surface area contributed by atoms with Crippen molar-refractivity contribution in [2.75, 3.05) is 0 Å². The number of Topliss-reactive ketones (excluding diaryl/α,β-unsaturated/α-hetero) is 1. The maximum atomic E-state index is 11.9. The summed E-state index contributed by atoms with van der Waals surface area (Å²) in [7, 11) is 1.78. The number of aryl methyl sites for hydroxylation is 1. The molecule has 4 nitrogen and oxygen atoms in total. The minimum Gasteiger partial charge on any atom is -0.294 e. The molecule has 0 saturated heterocycles. The van der Waals surface area contributed by atoms with E-state index in [0.29, 0.717) is 5.82 Å². The van der Waals surface area contributed by atoms with Crippen molar-refractivity contribution in [3.05, 3.63) is 45.6 Å². The molecule has 0 atom stereocenters. The molecule has 0 amide bonds. The van der Waals surface area contributed by atoms with E-state index in [1.807, 2.05) is 24.3 Å². The Bertz CT molecular complexity index is 521. The number of aromatic nitrogens is 3. The Kier molecular flexibility index (Phi) is 3.33. The zero-order valence-corrected chi connectivity index (χ0v) is 10.9. The summed E-state index contributed by atoms with van der Waals surface area (Å²) in [6.45, 7) is 0. The molecular weight excluding hydrogens is 317 g/mol. The van der Waals surface area contributed by atoms with Gasteiger partial charge < -0.3 is 0 Å². The molecule has 0 aliphatic rings. The number of carbonyl (C=O) groups excluding carboxylic acids is 1. The Balaban J connectivity index is 2.18. The lowest BCUT2D eigenvalue weighted by molar-refractivity contribution is 0.0989. The standard InChI is InChI=1S/C11H10IN3O/c1-15-11(13-7-14-15)6-10(16)8-3-2-4-9(12)5-8/h2-5,7H,6H2,1H3. The van der Waals surface area contributed by atoms with Gasteiger partial charge in [-0.1, -0.05) is 12.1 Å². The Labute approximate surface area is 107 Å². The molecule has 0 unspecified atom stereocenters. The van der Waals surface area contributed by atoms with Gasteiger partial charge in [0.25, 0.3) is 0 Å². The van der Waals surface area contributed by atoms with Crippen molar-refractivity contribution in [3.63, 3.8) is 0 Å². The number of rotatable bonds is 3. The normalized spacial score (nSPS) is 10.4. The van der Waals surface area contributed by atoms with Crippen molar-refractivity contribution < 1.29 is 4.79 Å². The fourth-order valence-electron chi connectivity index (χ4n) is 1.39. The van der Waals surface area contributed by atoms with E-state index in [2.05, 4.69) is 32.7 Å². The molecule has 0 aliphatic carbocycles. The lowest BCUT2D eigenvalue weighted by atomic mass is 10.1. The average molecular weight is 327 g/mol. The maximum Gasteiger partial charge on any atom is 0.170 e. The van der Waals surface area contributed by atoms with Gasteiger partial charge in [-0.05, 0) is 34.7 Å². The van der Waals surface area contributed by atoms with Crippen LogP contribution in [0.5, 0.6) is 0 Å². The van der Waals surface area contributed by atoms with Crippen LogP contribution in [0.3, 0.4) is 0 Å². The minimum atomic E-state index is 0.0645. The first-order valence-electron chi connectivity index (χ1n) is 4.78. The van der Waals surface area contributed by atoms with Crippen molar-refractivity contribution in [2.24, 2.45) is 7.05 Å². The number of nitrogens with zero attached hydrogens (tertiary/aromatic N) is 3. The third-order valence-electron chi connectivity index (χ3n) is 2.27. The Morgan fingerprint density at radius 2 is 2.31 bits per heavy atom. The quantitative estimate of drug-likeness (QED) is 0.638. The summed E-state index contributed by atoms with van der Waals surface area (Å²) < 4.78 is 2.67.